The van der Waals surface area contributed by atoms with Crippen LogP contribution in [-0.4, -0.2) is 24.0 Å². The van der Waals surface area contributed by atoms with E-state index in [0.29, 0.717) is 16.1 Å². The van der Waals surface area contributed by atoms with Crippen molar-refractivity contribution in [3.8, 4) is 0 Å². The van der Waals surface area contributed by atoms with Crippen LogP contribution in [0.2, 0.25) is 5.02 Å². The number of halogens is 3. The Kier molecular flexibility index (Phi) is 2.26. The summed E-state index contributed by atoms with van der Waals surface area (Å²) >= 11 is 5.81. The lowest BCUT2D eigenvalue weighted by Crippen LogP contribution is -2.24. The van der Waals surface area contributed by atoms with E-state index in [2.05, 4.69) is 4.98 Å². The molecule has 3 rings (SSSR count). The molecule has 0 amide bonds. The number of alkyl halides is 2. The lowest BCUT2D eigenvalue weighted by molar-refractivity contribution is 0.0254. The third-order valence-electron chi connectivity index (χ3n) is 2.78. The molecule has 6 heteroatoms. The van der Waals surface area contributed by atoms with Crippen LogP contribution in [-0.2, 0) is 0 Å². The number of benzene rings is 1. The summed E-state index contributed by atoms with van der Waals surface area (Å²) in [5.41, 5.74) is 1.14. The molecule has 1 fully saturated rings. The van der Waals surface area contributed by atoms with Crippen molar-refractivity contribution in [1.82, 2.24) is 4.98 Å². The normalized spacial score (nSPS) is 19.1. The highest BCUT2D eigenvalue weighted by atomic mass is 35.5. The van der Waals surface area contributed by atoms with E-state index in [1.165, 1.54) is 4.90 Å². The summed E-state index contributed by atoms with van der Waals surface area (Å²) < 4.78 is 31.6. The molecule has 1 saturated heterocycles. The Labute approximate surface area is 101 Å². The smallest absolute Gasteiger partial charge is 0.298 e. The van der Waals surface area contributed by atoms with Gasteiger partial charge < -0.3 is 9.32 Å². The van der Waals surface area contributed by atoms with Crippen molar-refractivity contribution in [3.63, 3.8) is 0 Å². The molecular formula is C11H9ClF2N2O. The van der Waals surface area contributed by atoms with Crippen molar-refractivity contribution in [1.29, 1.82) is 0 Å². The van der Waals surface area contributed by atoms with Crippen LogP contribution in [0.5, 0.6) is 0 Å². The molecule has 17 heavy (non-hydrogen) atoms. The largest absolute Gasteiger partial charge is 0.423 e. The van der Waals surface area contributed by atoms with Crippen LogP contribution >= 0.6 is 11.6 Å². The number of hydrogen-bond donors (Lipinski definition) is 0. The summed E-state index contributed by atoms with van der Waals surface area (Å²) in [5.74, 6) is -2.65. The van der Waals surface area contributed by atoms with Crippen molar-refractivity contribution in [3.05, 3.63) is 23.2 Å². The molecule has 0 spiro atoms. The standard InChI is InChI=1S/C11H9ClF2N2O/c12-7-1-2-8-9(5-7)17-10(15-8)16-4-3-11(13,14)6-16/h1-2,5H,3-4,6H2. The molecule has 3 nitrogen and oxygen atoms in total. The zero-order chi connectivity index (χ0) is 12.0. The lowest BCUT2D eigenvalue weighted by atomic mass is 10.3. The van der Waals surface area contributed by atoms with Crippen LogP contribution in [0.4, 0.5) is 14.8 Å². The van der Waals surface area contributed by atoms with Gasteiger partial charge in [-0.2, -0.15) is 4.98 Å². The van der Waals surface area contributed by atoms with Gasteiger partial charge in [-0.05, 0) is 12.1 Å². The molecule has 0 bridgehead atoms. The van der Waals surface area contributed by atoms with E-state index in [1.54, 1.807) is 18.2 Å². The summed E-state index contributed by atoms with van der Waals surface area (Å²) in [5, 5.41) is 0.534. The van der Waals surface area contributed by atoms with Crippen LogP contribution < -0.4 is 4.90 Å². The molecule has 1 aliphatic rings. The summed E-state index contributed by atoms with van der Waals surface area (Å²) in [6.45, 7) is -0.0822. The number of aromatic nitrogens is 1. The highest BCUT2D eigenvalue weighted by Gasteiger charge is 2.39. The number of rotatable bonds is 1. The van der Waals surface area contributed by atoms with E-state index in [9.17, 15) is 8.78 Å². The Balaban J connectivity index is 1.96. The highest BCUT2D eigenvalue weighted by molar-refractivity contribution is 6.31. The molecule has 2 aromatic rings. The summed E-state index contributed by atoms with van der Waals surface area (Å²) in [6.07, 6.45) is -0.160. The maximum Gasteiger partial charge on any atom is 0.298 e. The van der Waals surface area contributed by atoms with Gasteiger partial charge in [-0.1, -0.05) is 11.6 Å². The van der Waals surface area contributed by atoms with Crippen LogP contribution in [0.25, 0.3) is 11.1 Å². The Morgan fingerprint density at radius 2 is 2.24 bits per heavy atom. The fourth-order valence-electron chi connectivity index (χ4n) is 1.92. The van der Waals surface area contributed by atoms with E-state index >= 15 is 0 Å². The highest BCUT2D eigenvalue weighted by Crippen LogP contribution is 2.32. The fraction of sp³-hybridized carbons (Fsp3) is 0.364. The molecule has 0 unspecified atom stereocenters. The minimum absolute atomic E-state index is 0.160. The monoisotopic (exact) mass is 258 g/mol. The van der Waals surface area contributed by atoms with Crippen LogP contribution in [0.1, 0.15) is 6.42 Å². The molecule has 0 saturated carbocycles. The molecule has 90 valence electrons. The number of oxazole rings is 1. The Morgan fingerprint density at radius 1 is 1.41 bits per heavy atom. The number of nitrogens with zero attached hydrogens (tertiary/aromatic N) is 2. The van der Waals surface area contributed by atoms with Crippen molar-refractivity contribution >= 4 is 28.7 Å². The summed E-state index contributed by atoms with van der Waals surface area (Å²) in [7, 11) is 0. The van der Waals surface area contributed by atoms with Crippen molar-refractivity contribution in [2.24, 2.45) is 0 Å². The van der Waals surface area contributed by atoms with Crippen molar-refractivity contribution in [2.45, 2.75) is 12.3 Å². The number of hydrogen-bond acceptors (Lipinski definition) is 3. The fourth-order valence-corrected chi connectivity index (χ4v) is 2.08. The second-order valence-corrected chi connectivity index (χ2v) is 4.57. The third-order valence-corrected chi connectivity index (χ3v) is 3.01. The van der Waals surface area contributed by atoms with E-state index in [1.807, 2.05) is 0 Å². The van der Waals surface area contributed by atoms with Gasteiger partial charge in [0.15, 0.2) is 5.58 Å². The Bertz CT molecular complexity index is 570. The van der Waals surface area contributed by atoms with Gasteiger partial charge in [-0.3, -0.25) is 0 Å². The maximum atomic E-state index is 13.1. The van der Waals surface area contributed by atoms with E-state index < -0.39 is 5.92 Å². The van der Waals surface area contributed by atoms with Gasteiger partial charge in [0.25, 0.3) is 11.9 Å². The van der Waals surface area contributed by atoms with Gasteiger partial charge in [-0.25, -0.2) is 8.78 Å². The van der Waals surface area contributed by atoms with Crippen molar-refractivity contribution < 1.29 is 13.2 Å². The predicted octanol–water partition coefficient (Wildman–Crippen LogP) is 3.33. The summed E-state index contributed by atoms with van der Waals surface area (Å²) in [6, 6.07) is 5.26. The quantitative estimate of drug-likeness (QED) is 0.786. The molecule has 1 aromatic carbocycles. The molecular weight excluding hydrogens is 250 g/mol. The van der Waals surface area contributed by atoms with Gasteiger partial charge in [0, 0.05) is 24.1 Å². The van der Waals surface area contributed by atoms with E-state index in [-0.39, 0.29) is 25.5 Å². The topological polar surface area (TPSA) is 29.3 Å². The molecule has 1 aliphatic heterocycles. The third kappa shape index (κ3) is 1.95. The first-order chi connectivity index (χ1) is 8.03. The zero-order valence-corrected chi connectivity index (χ0v) is 9.55. The first-order valence-electron chi connectivity index (χ1n) is 5.22. The van der Waals surface area contributed by atoms with Crippen molar-refractivity contribution in [2.75, 3.05) is 18.0 Å². The van der Waals surface area contributed by atoms with Crippen LogP contribution in [0, 0.1) is 0 Å². The van der Waals surface area contributed by atoms with Crippen LogP contribution in [0.3, 0.4) is 0 Å². The molecule has 0 aliphatic carbocycles. The molecule has 1 aromatic heterocycles. The molecule has 0 N–H and O–H groups in total. The predicted molar refractivity (Wildman–Crippen MR) is 60.8 cm³/mol. The van der Waals surface area contributed by atoms with E-state index in [0.717, 1.165) is 0 Å². The second-order valence-electron chi connectivity index (χ2n) is 4.14. The Morgan fingerprint density at radius 3 is 2.94 bits per heavy atom. The molecule has 0 atom stereocenters. The van der Waals surface area contributed by atoms with E-state index in [4.69, 9.17) is 16.0 Å². The zero-order valence-electron chi connectivity index (χ0n) is 8.79. The minimum atomic E-state index is -2.65. The van der Waals surface area contributed by atoms with Crippen LogP contribution in [0.15, 0.2) is 22.6 Å². The molecule has 0 radical (unpaired) electrons. The van der Waals surface area contributed by atoms with Gasteiger partial charge in [0.05, 0.1) is 6.54 Å². The number of fused-ring (bicyclic) bond motifs is 1. The van der Waals surface area contributed by atoms with Gasteiger partial charge >= 0.3 is 0 Å². The van der Waals surface area contributed by atoms with Gasteiger partial charge in [-0.15, -0.1) is 0 Å². The average molecular weight is 259 g/mol. The Hall–Kier alpha value is -1.36. The first-order valence-corrected chi connectivity index (χ1v) is 5.60. The lowest BCUT2D eigenvalue weighted by Gasteiger charge is -2.12. The second kappa shape index (κ2) is 3.57. The maximum absolute atomic E-state index is 13.1. The minimum Gasteiger partial charge on any atom is -0.423 e. The molecule has 2 heterocycles. The SMILES string of the molecule is FC1(F)CCN(c2nc3ccc(Cl)cc3o2)C1. The van der Waals surface area contributed by atoms with Gasteiger partial charge in [0.2, 0.25) is 0 Å². The average Bonchev–Trinajstić information content (AvgIpc) is 2.80. The summed E-state index contributed by atoms with van der Waals surface area (Å²) in [4.78, 5) is 5.62. The first kappa shape index (κ1) is 10.8. The van der Waals surface area contributed by atoms with Gasteiger partial charge in [0.1, 0.15) is 5.52 Å². The number of anilines is 1.